The van der Waals surface area contributed by atoms with E-state index in [9.17, 15) is 0 Å². The van der Waals surface area contributed by atoms with Gasteiger partial charge in [0.25, 0.3) is 0 Å². The molecule has 0 radical (unpaired) electrons. The first-order chi connectivity index (χ1) is 10.6. The lowest BCUT2D eigenvalue weighted by Crippen LogP contribution is -2.10. The molecule has 2 rings (SSSR count). The molecule has 0 bridgehead atoms. The van der Waals surface area contributed by atoms with E-state index in [1.165, 1.54) is 24.0 Å². The third-order valence-electron chi connectivity index (χ3n) is 3.89. The van der Waals surface area contributed by atoms with Gasteiger partial charge in [0.1, 0.15) is 0 Å². The van der Waals surface area contributed by atoms with Gasteiger partial charge in [0, 0.05) is 0 Å². The highest BCUT2D eigenvalue weighted by molar-refractivity contribution is 5.26. The summed E-state index contributed by atoms with van der Waals surface area (Å²) in [4.78, 5) is 0. The monoisotopic (exact) mass is 330 g/mol. The van der Waals surface area contributed by atoms with E-state index in [2.05, 4.69) is 91.0 Å². The van der Waals surface area contributed by atoms with E-state index in [4.69, 9.17) is 0 Å². The SMILES string of the molecule is C.CC.CC(C)(C)C1=CC=CCC1.Cc1ccc(C(C)(C)C)cc1. The molecule has 0 saturated carbocycles. The zero-order chi connectivity index (χ0) is 18.1. The Hall–Kier alpha value is -1.30. The van der Waals surface area contributed by atoms with E-state index in [0.717, 1.165) is 0 Å². The molecule has 0 N–H and O–H groups in total. The minimum Gasteiger partial charge on any atom is -0.0842 e. The van der Waals surface area contributed by atoms with Crippen LogP contribution in [0.15, 0.2) is 48.1 Å². The van der Waals surface area contributed by atoms with Gasteiger partial charge < -0.3 is 0 Å². The van der Waals surface area contributed by atoms with E-state index in [0.29, 0.717) is 5.41 Å². The fourth-order valence-corrected chi connectivity index (χ4v) is 2.28. The molecule has 1 aromatic rings. The Morgan fingerprint density at radius 3 is 1.58 bits per heavy atom. The van der Waals surface area contributed by atoms with Crippen LogP contribution in [-0.2, 0) is 5.41 Å². The van der Waals surface area contributed by atoms with Crippen molar-refractivity contribution >= 4 is 0 Å². The highest BCUT2D eigenvalue weighted by atomic mass is 14.2. The minimum atomic E-state index is 0. The molecule has 138 valence electrons. The lowest BCUT2D eigenvalue weighted by Gasteiger charge is -2.23. The Kier molecular flexibility index (Phi) is 11.7. The van der Waals surface area contributed by atoms with Crippen LogP contribution in [0.5, 0.6) is 0 Å². The number of benzene rings is 1. The molecule has 0 aliphatic heterocycles. The van der Waals surface area contributed by atoms with Crippen molar-refractivity contribution in [3.05, 3.63) is 59.2 Å². The van der Waals surface area contributed by atoms with Gasteiger partial charge in [-0.15, -0.1) is 0 Å². The van der Waals surface area contributed by atoms with Crippen LogP contribution < -0.4 is 0 Å². The highest BCUT2D eigenvalue weighted by Gasteiger charge is 2.16. The summed E-state index contributed by atoms with van der Waals surface area (Å²) in [6.45, 7) is 19.6. The molecule has 0 heteroatoms. The Bertz CT molecular complexity index is 484. The molecule has 0 atom stereocenters. The van der Waals surface area contributed by atoms with Crippen LogP contribution in [0.2, 0.25) is 0 Å². The van der Waals surface area contributed by atoms with Crippen molar-refractivity contribution in [2.45, 2.75) is 88.0 Å². The van der Waals surface area contributed by atoms with Gasteiger partial charge in [0.2, 0.25) is 0 Å². The maximum Gasteiger partial charge on any atom is -0.0132 e. The predicted octanol–water partition coefficient (Wildman–Crippen LogP) is 8.26. The first-order valence-corrected chi connectivity index (χ1v) is 9.04. The average Bonchev–Trinajstić information content (AvgIpc) is 2.49. The molecule has 0 amide bonds. The van der Waals surface area contributed by atoms with Gasteiger partial charge >= 0.3 is 0 Å². The van der Waals surface area contributed by atoms with Crippen molar-refractivity contribution in [1.29, 1.82) is 0 Å². The number of hydrogen-bond acceptors (Lipinski definition) is 0. The second kappa shape index (κ2) is 11.3. The first kappa shape index (κ1) is 24.9. The number of rotatable bonds is 0. The van der Waals surface area contributed by atoms with Crippen molar-refractivity contribution < 1.29 is 0 Å². The standard InChI is InChI=1S/C11H16.C10H16.C2H6.CH4/c1-9-5-7-10(8-6-9)11(2,3)4;1-10(2,3)9-7-5-4-6-8-9;1-2;/h5-8H,1-4H3;4-5,7H,6,8H2,1-3H3;1-2H3;1H4. The van der Waals surface area contributed by atoms with Gasteiger partial charge in [0.05, 0.1) is 0 Å². The molecule has 24 heavy (non-hydrogen) atoms. The number of allylic oxidation sites excluding steroid dienone is 4. The molecule has 0 unspecified atom stereocenters. The molecular formula is C24H42. The van der Waals surface area contributed by atoms with Crippen molar-refractivity contribution in [2.75, 3.05) is 0 Å². The van der Waals surface area contributed by atoms with Gasteiger partial charge in [-0.1, -0.05) is 116 Å². The Morgan fingerprint density at radius 2 is 1.29 bits per heavy atom. The summed E-state index contributed by atoms with van der Waals surface area (Å²) in [5.41, 5.74) is 4.98. The normalized spacial score (nSPS) is 13.5. The largest absolute Gasteiger partial charge is 0.0842 e. The van der Waals surface area contributed by atoms with Gasteiger partial charge in [-0.25, -0.2) is 0 Å². The van der Waals surface area contributed by atoms with E-state index >= 15 is 0 Å². The second-order valence-corrected chi connectivity index (χ2v) is 8.02. The molecule has 0 spiro atoms. The molecule has 0 nitrogen and oxygen atoms in total. The Morgan fingerprint density at radius 1 is 0.792 bits per heavy atom. The summed E-state index contributed by atoms with van der Waals surface area (Å²) in [6.07, 6.45) is 9.13. The minimum absolute atomic E-state index is 0. The lowest BCUT2D eigenvalue weighted by molar-refractivity contribution is 0.481. The molecular weight excluding hydrogens is 288 g/mol. The van der Waals surface area contributed by atoms with Gasteiger partial charge in [-0.05, 0) is 36.2 Å². The summed E-state index contributed by atoms with van der Waals surface area (Å²) in [7, 11) is 0. The van der Waals surface area contributed by atoms with E-state index in [1.807, 2.05) is 13.8 Å². The zero-order valence-electron chi connectivity index (χ0n) is 17.0. The molecule has 0 heterocycles. The Balaban J connectivity index is 0. The number of aryl methyl sites for hydroxylation is 1. The van der Waals surface area contributed by atoms with E-state index in [-0.39, 0.29) is 12.8 Å². The highest BCUT2D eigenvalue weighted by Crippen LogP contribution is 2.30. The van der Waals surface area contributed by atoms with Crippen molar-refractivity contribution in [2.24, 2.45) is 5.41 Å². The van der Waals surface area contributed by atoms with Gasteiger partial charge in [-0.3, -0.25) is 0 Å². The van der Waals surface area contributed by atoms with Crippen LogP contribution in [0, 0.1) is 12.3 Å². The topological polar surface area (TPSA) is 0 Å². The van der Waals surface area contributed by atoms with Gasteiger partial charge in [-0.2, -0.15) is 0 Å². The van der Waals surface area contributed by atoms with Crippen LogP contribution in [0.1, 0.15) is 86.8 Å². The van der Waals surface area contributed by atoms with Crippen LogP contribution >= 0.6 is 0 Å². The van der Waals surface area contributed by atoms with Crippen LogP contribution in [0.25, 0.3) is 0 Å². The van der Waals surface area contributed by atoms with Crippen molar-refractivity contribution in [1.82, 2.24) is 0 Å². The maximum absolute atomic E-state index is 2.28. The third kappa shape index (κ3) is 9.75. The summed E-state index contributed by atoms with van der Waals surface area (Å²) < 4.78 is 0. The van der Waals surface area contributed by atoms with Crippen LogP contribution in [0.3, 0.4) is 0 Å². The molecule has 0 saturated heterocycles. The van der Waals surface area contributed by atoms with Crippen LogP contribution in [-0.4, -0.2) is 0 Å². The molecule has 0 fully saturated rings. The fraction of sp³-hybridized carbons (Fsp3) is 0.583. The summed E-state index contributed by atoms with van der Waals surface area (Å²) in [5, 5.41) is 0. The summed E-state index contributed by atoms with van der Waals surface area (Å²) >= 11 is 0. The third-order valence-corrected chi connectivity index (χ3v) is 3.89. The average molecular weight is 331 g/mol. The van der Waals surface area contributed by atoms with E-state index in [1.54, 1.807) is 5.57 Å². The maximum atomic E-state index is 2.28. The van der Waals surface area contributed by atoms with Crippen LogP contribution in [0.4, 0.5) is 0 Å². The Labute approximate surface area is 153 Å². The zero-order valence-corrected chi connectivity index (χ0v) is 17.0. The molecule has 1 aromatic carbocycles. The van der Waals surface area contributed by atoms with Crippen molar-refractivity contribution in [3.63, 3.8) is 0 Å². The molecule has 1 aliphatic rings. The number of hydrogen-bond donors (Lipinski definition) is 0. The lowest BCUT2D eigenvalue weighted by atomic mass is 9.82. The van der Waals surface area contributed by atoms with Crippen molar-refractivity contribution in [3.8, 4) is 0 Å². The molecule has 1 aliphatic carbocycles. The van der Waals surface area contributed by atoms with Gasteiger partial charge in [0.15, 0.2) is 0 Å². The van der Waals surface area contributed by atoms with E-state index < -0.39 is 0 Å². The second-order valence-electron chi connectivity index (χ2n) is 8.02. The molecule has 0 aromatic heterocycles. The predicted molar refractivity (Wildman–Crippen MR) is 114 cm³/mol. The first-order valence-electron chi connectivity index (χ1n) is 9.04. The summed E-state index contributed by atoms with van der Waals surface area (Å²) in [6, 6.07) is 8.74. The quantitative estimate of drug-likeness (QED) is 0.449. The smallest absolute Gasteiger partial charge is 0.0132 e. The fourth-order valence-electron chi connectivity index (χ4n) is 2.28. The summed E-state index contributed by atoms with van der Waals surface area (Å²) in [5.74, 6) is 0.